The molecule has 0 aromatic carbocycles. The third kappa shape index (κ3) is 1.44. The summed E-state index contributed by atoms with van der Waals surface area (Å²) in [5.74, 6) is 0.515. The fraction of sp³-hybridized carbons (Fsp3) is 0. The molecule has 0 atom stereocenters. The topological polar surface area (TPSA) is 60.1 Å². The van der Waals surface area contributed by atoms with Crippen molar-refractivity contribution in [3.05, 3.63) is 36.8 Å². The van der Waals surface area contributed by atoms with Gasteiger partial charge < -0.3 is 0 Å². The minimum Gasteiger partial charge on any atom is -0.235 e. The number of aliphatic imine (C=N–C) groups is 1. The molecule has 0 unspecified atom stereocenters. The van der Waals surface area contributed by atoms with Crippen LogP contribution in [0.25, 0.3) is 5.82 Å². The van der Waals surface area contributed by atoms with Crippen LogP contribution in [0.5, 0.6) is 0 Å². The van der Waals surface area contributed by atoms with Crippen LogP contribution in [0.2, 0.25) is 0 Å². The standard InChI is InChI=1S/C9H6N4O/c14-7-11-8-3-1-4-10-9(8)13-6-2-5-12-13/h1-6H. The van der Waals surface area contributed by atoms with Crippen LogP contribution in [0, 0.1) is 0 Å². The second-order valence-corrected chi connectivity index (χ2v) is 2.50. The first kappa shape index (κ1) is 8.34. The number of pyridine rings is 1. The van der Waals surface area contributed by atoms with Crippen molar-refractivity contribution >= 4 is 11.8 Å². The molecular weight excluding hydrogens is 180 g/mol. The van der Waals surface area contributed by atoms with Crippen LogP contribution in [-0.4, -0.2) is 20.8 Å². The van der Waals surface area contributed by atoms with E-state index in [4.69, 9.17) is 0 Å². The van der Waals surface area contributed by atoms with Gasteiger partial charge in [-0.15, -0.1) is 0 Å². The molecule has 2 aromatic heterocycles. The molecule has 0 aliphatic heterocycles. The van der Waals surface area contributed by atoms with Crippen molar-refractivity contribution in [2.45, 2.75) is 0 Å². The van der Waals surface area contributed by atoms with E-state index in [0.29, 0.717) is 11.5 Å². The lowest BCUT2D eigenvalue weighted by atomic mass is 10.4. The van der Waals surface area contributed by atoms with Crippen molar-refractivity contribution in [3.8, 4) is 5.82 Å². The first-order valence-corrected chi connectivity index (χ1v) is 3.95. The van der Waals surface area contributed by atoms with Gasteiger partial charge in [-0.25, -0.2) is 14.5 Å². The molecule has 0 saturated heterocycles. The first-order valence-electron chi connectivity index (χ1n) is 3.95. The van der Waals surface area contributed by atoms with E-state index >= 15 is 0 Å². The van der Waals surface area contributed by atoms with Crippen LogP contribution in [0.4, 0.5) is 5.69 Å². The monoisotopic (exact) mass is 186 g/mol. The molecule has 0 bridgehead atoms. The Morgan fingerprint density at radius 3 is 3.00 bits per heavy atom. The molecule has 5 heteroatoms. The maximum atomic E-state index is 10.1. The lowest BCUT2D eigenvalue weighted by molar-refractivity contribution is 0.565. The largest absolute Gasteiger partial charge is 0.240 e. The van der Waals surface area contributed by atoms with Crippen LogP contribution in [0.1, 0.15) is 0 Å². The van der Waals surface area contributed by atoms with Crippen LogP contribution in [0.15, 0.2) is 41.8 Å². The second-order valence-electron chi connectivity index (χ2n) is 2.50. The van der Waals surface area contributed by atoms with E-state index in [1.54, 1.807) is 36.8 Å². The zero-order valence-corrected chi connectivity index (χ0v) is 7.16. The maximum Gasteiger partial charge on any atom is 0.240 e. The lowest BCUT2D eigenvalue weighted by Crippen LogP contribution is -1.97. The Morgan fingerprint density at radius 2 is 2.29 bits per heavy atom. The Kier molecular flexibility index (Phi) is 2.17. The van der Waals surface area contributed by atoms with Gasteiger partial charge in [0, 0.05) is 18.6 Å². The molecule has 2 heterocycles. The molecule has 0 amide bonds. The summed E-state index contributed by atoms with van der Waals surface area (Å²) in [5.41, 5.74) is 0.450. The highest BCUT2D eigenvalue weighted by atomic mass is 16.1. The van der Waals surface area contributed by atoms with Gasteiger partial charge in [0.1, 0.15) is 5.69 Å². The Morgan fingerprint density at radius 1 is 1.36 bits per heavy atom. The molecule has 5 nitrogen and oxygen atoms in total. The van der Waals surface area contributed by atoms with Gasteiger partial charge in [-0.2, -0.15) is 10.1 Å². The van der Waals surface area contributed by atoms with Gasteiger partial charge in [0.15, 0.2) is 5.82 Å². The number of isocyanates is 1. The van der Waals surface area contributed by atoms with Gasteiger partial charge in [-0.3, -0.25) is 0 Å². The summed E-state index contributed by atoms with van der Waals surface area (Å²) in [6.45, 7) is 0. The van der Waals surface area contributed by atoms with Gasteiger partial charge in [-0.1, -0.05) is 0 Å². The van der Waals surface area contributed by atoms with E-state index < -0.39 is 0 Å². The average molecular weight is 186 g/mol. The molecule has 0 N–H and O–H groups in total. The first-order chi connectivity index (χ1) is 6.92. The third-order valence-electron chi connectivity index (χ3n) is 1.65. The van der Waals surface area contributed by atoms with E-state index in [-0.39, 0.29) is 0 Å². The van der Waals surface area contributed by atoms with Gasteiger partial charge in [0.05, 0.1) is 0 Å². The Hall–Kier alpha value is -2.26. The number of hydrogen-bond donors (Lipinski definition) is 0. The second kappa shape index (κ2) is 3.64. The van der Waals surface area contributed by atoms with E-state index in [2.05, 4.69) is 15.1 Å². The lowest BCUT2D eigenvalue weighted by Gasteiger charge is -2.01. The molecule has 0 radical (unpaired) electrons. The summed E-state index contributed by atoms with van der Waals surface area (Å²) in [5, 5.41) is 3.99. The Balaban J connectivity index is 2.57. The molecule has 2 aromatic rings. The number of rotatable bonds is 2. The van der Waals surface area contributed by atoms with Crippen molar-refractivity contribution in [2.75, 3.05) is 0 Å². The van der Waals surface area contributed by atoms with Crippen molar-refractivity contribution < 1.29 is 4.79 Å². The molecule has 2 rings (SSSR count). The Labute approximate surface area is 79.7 Å². The minimum atomic E-state index is 0.450. The van der Waals surface area contributed by atoms with Crippen molar-refractivity contribution in [3.63, 3.8) is 0 Å². The summed E-state index contributed by atoms with van der Waals surface area (Å²) < 4.78 is 1.54. The maximum absolute atomic E-state index is 10.1. The van der Waals surface area contributed by atoms with Gasteiger partial charge in [-0.05, 0) is 18.2 Å². The number of aromatic nitrogens is 3. The van der Waals surface area contributed by atoms with E-state index in [1.807, 2.05) is 0 Å². The number of nitrogens with zero attached hydrogens (tertiary/aromatic N) is 4. The highest BCUT2D eigenvalue weighted by molar-refractivity contribution is 5.57. The summed E-state index contributed by atoms with van der Waals surface area (Å²) in [6, 6.07) is 5.14. The summed E-state index contributed by atoms with van der Waals surface area (Å²) >= 11 is 0. The summed E-state index contributed by atoms with van der Waals surface area (Å²) in [4.78, 5) is 17.7. The molecule has 0 fully saturated rings. The molecule has 14 heavy (non-hydrogen) atoms. The highest BCUT2D eigenvalue weighted by Crippen LogP contribution is 2.18. The van der Waals surface area contributed by atoms with Gasteiger partial charge in [0.25, 0.3) is 0 Å². The van der Waals surface area contributed by atoms with Crippen molar-refractivity contribution in [1.29, 1.82) is 0 Å². The van der Waals surface area contributed by atoms with Crippen molar-refractivity contribution in [1.82, 2.24) is 14.8 Å². The number of hydrogen-bond acceptors (Lipinski definition) is 4. The van der Waals surface area contributed by atoms with E-state index in [1.165, 1.54) is 10.8 Å². The SMILES string of the molecule is O=C=Nc1cccnc1-n1cccn1. The van der Waals surface area contributed by atoms with Crippen LogP contribution in [0.3, 0.4) is 0 Å². The normalized spacial score (nSPS) is 9.43. The zero-order valence-electron chi connectivity index (χ0n) is 7.16. The Bertz CT molecular complexity index is 471. The predicted molar refractivity (Wildman–Crippen MR) is 49.1 cm³/mol. The highest BCUT2D eigenvalue weighted by Gasteiger charge is 2.03. The van der Waals surface area contributed by atoms with Crippen molar-refractivity contribution in [2.24, 2.45) is 4.99 Å². The smallest absolute Gasteiger partial charge is 0.235 e. The van der Waals surface area contributed by atoms with Gasteiger partial charge in [0.2, 0.25) is 6.08 Å². The predicted octanol–water partition coefficient (Wildman–Crippen LogP) is 1.23. The van der Waals surface area contributed by atoms with E-state index in [0.717, 1.165) is 0 Å². The van der Waals surface area contributed by atoms with Crippen LogP contribution >= 0.6 is 0 Å². The summed E-state index contributed by atoms with van der Waals surface area (Å²) in [6.07, 6.45) is 6.45. The van der Waals surface area contributed by atoms with E-state index in [9.17, 15) is 4.79 Å². The molecular formula is C9H6N4O. The minimum absolute atomic E-state index is 0.450. The average Bonchev–Trinajstić information content (AvgIpc) is 2.72. The van der Waals surface area contributed by atoms with Crippen LogP contribution in [-0.2, 0) is 4.79 Å². The number of carbonyl (C=O) groups excluding carboxylic acids is 1. The summed E-state index contributed by atoms with van der Waals surface area (Å²) in [7, 11) is 0. The van der Waals surface area contributed by atoms with Crippen LogP contribution < -0.4 is 0 Å². The van der Waals surface area contributed by atoms with Gasteiger partial charge >= 0.3 is 0 Å². The molecule has 0 saturated carbocycles. The fourth-order valence-electron chi connectivity index (χ4n) is 1.10. The molecule has 0 aliphatic rings. The molecule has 0 spiro atoms. The zero-order chi connectivity index (χ0) is 9.80. The molecule has 0 aliphatic carbocycles. The quantitative estimate of drug-likeness (QED) is 0.523. The molecule has 68 valence electrons. The fourth-order valence-corrected chi connectivity index (χ4v) is 1.10. The third-order valence-corrected chi connectivity index (χ3v) is 1.65.